The maximum atomic E-state index is 11.0. The summed E-state index contributed by atoms with van der Waals surface area (Å²) in [7, 11) is 1.39. The predicted molar refractivity (Wildman–Crippen MR) is 53.2 cm³/mol. The molecule has 1 aromatic heterocycles. The molecule has 14 heavy (non-hydrogen) atoms. The van der Waals surface area contributed by atoms with Gasteiger partial charge in [-0.2, -0.15) is 0 Å². The lowest BCUT2D eigenvalue weighted by Crippen LogP contribution is -2.35. The summed E-state index contributed by atoms with van der Waals surface area (Å²) in [5, 5.41) is 3.07. The summed E-state index contributed by atoms with van der Waals surface area (Å²) in [6.07, 6.45) is 1.94. The average molecular weight is 210 g/mol. The van der Waals surface area contributed by atoms with E-state index in [0.29, 0.717) is 6.67 Å². The van der Waals surface area contributed by atoms with Crippen molar-refractivity contribution in [3.8, 4) is 0 Å². The van der Waals surface area contributed by atoms with E-state index < -0.39 is 0 Å². The Hall–Kier alpha value is -1.36. The first-order valence-electron chi connectivity index (χ1n) is 4.20. The zero-order valence-corrected chi connectivity index (χ0v) is 8.58. The lowest BCUT2D eigenvalue weighted by molar-refractivity contribution is -0.141. The van der Waals surface area contributed by atoms with Crippen molar-refractivity contribution in [1.82, 2.24) is 4.90 Å². The number of thiophene rings is 1. The fourth-order valence-electron chi connectivity index (χ4n) is 1.26. The zero-order valence-electron chi connectivity index (χ0n) is 7.77. The molecule has 4 nitrogen and oxygen atoms in total. The Labute approximate surface area is 85.1 Å². The van der Waals surface area contributed by atoms with Gasteiger partial charge in [-0.05, 0) is 11.4 Å². The number of carbonyl (C=O) groups excluding carboxylic acids is 1. The van der Waals surface area contributed by atoms with Crippen LogP contribution in [0.4, 0.5) is 0 Å². The van der Waals surface area contributed by atoms with Gasteiger partial charge in [0.1, 0.15) is 17.9 Å². The number of hydrogen-bond donors (Lipinski definition) is 0. The van der Waals surface area contributed by atoms with E-state index in [9.17, 15) is 4.79 Å². The molecule has 0 bridgehead atoms. The van der Waals surface area contributed by atoms with Gasteiger partial charge in [0.25, 0.3) is 0 Å². The summed E-state index contributed by atoms with van der Waals surface area (Å²) < 4.78 is 5.62. The van der Waals surface area contributed by atoms with Gasteiger partial charge in [0.05, 0.1) is 7.11 Å². The maximum Gasteiger partial charge on any atom is 0.325 e. The van der Waals surface area contributed by atoms with E-state index in [1.807, 2.05) is 22.5 Å². The number of nitrogens with zero attached hydrogens (tertiary/aromatic N) is 2. The molecule has 1 aliphatic rings. The smallest absolute Gasteiger partial charge is 0.325 e. The Morgan fingerprint density at radius 2 is 2.64 bits per heavy atom. The molecular weight excluding hydrogens is 200 g/mol. The van der Waals surface area contributed by atoms with E-state index in [-0.39, 0.29) is 12.5 Å². The van der Waals surface area contributed by atoms with E-state index >= 15 is 0 Å². The van der Waals surface area contributed by atoms with Gasteiger partial charge in [0.2, 0.25) is 0 Å². The third kappa shape index (κ3) is 1.77. The number of hydrogen-bond acceptors (Lipinski definition) is 5. The molecule has 74 valence electrons. The van der Waals surface area contributed by atoms with E-state index in [2.05, 4.69) is 9.73 Å². The number of ether oxygens (including phenoxy) is 1. The summed E-state index contributed by atoms with van der Waals surface area (Å²) in [5.41, 5.74) is 0. The number of fused-ring (bicyclic) bond motifs is 1. The van der Waals surface area contributed by atoms with Crippen molar-refractivity contribution in [1.29, 1.82) is 0 Å². The summed E-state index contributed by atoms with van der Waals surface area (Å²) in [6, 6.07) is 1.99. The predicted octanol–water partition coefficient (Wildman–Crippen LogP) is -0.448. The summed E-state index contributed by atoms with van der Waals surface area (Å²) >= 11 is 1.61. The minimum Gasteiger partial charge on any atom is -0.468 e. The maximum absolute atomic E-state index is 11.0. The van der Waals surface area contributed by atoms with Crippen LogP contribution < -0.4 is 9.89 Å². The Morgan fingerprint density at radius 1 is 1.79 bits per heavy atom. The van der Waals surface area contributed by atoms with Gasteiger partial charge in [-0.25, -0.2) is 0 Å². The fraction of sp³-hybridized carbons (Fsp3) is 0.333. The Kier molecular flexibility index (Phi) is 2.49. The van der Waals surface area contributed by atoms with Gasteiger partial charge in [0.15, 0.2) is 0 Å². The van der Waals surface area contributed by atoms with Crippen LogP contribution in [0.3, 0.4) is 0 Å². The first-order chi connectivity index (χ1) is 6.79. The topological polar surface area (TPSA) is 41.9 Å². The van der Waals surface area contributed by atoms with Gasteiger partial charge >= 0.3 is 5.97 Å². The number of methoxy groups -OCH3 is 1. The van der Waals surface area contributed by atoms with Gasteiger partial charge < -0.3 is 9.64 Å². The molecule has 1 aliphatic heterocycles. The van der Waals surface area contributed by atoms with Gasteiger partial charge in [0, 0.05) is 11.4 Å². The molecule has 2 rings (SSSR count). The van der Waals surface area contributed by atoms with Crippen LogP contribution in [0.1, 0.15) is 0 Å². The van der Waals surface area contributed by atoms with E-state index in [1.54, 1.807) is 11.3 Å². The molecule has 1 aromatic rings. The van der Waals surface area contributed by atoms with Crippen molar-refractivity contribution in [2.45, 2.75) is 0 Å². The van der Waals surface area contributed by atoms with Gasteiger partial charge in [-0.3, -0.25) is 9.79 Å². The normalized spacial score (nSPS) is 13.9. The first kappa shape index (κ1) is 9.21. The third-order valence-corrected chi connectivity index (χ3v) is 2.81. The second kappa shape index (κ2) is 3.79. The van der Waals surface area contributed by atoms with Crippen LogP contribution >= 0.6 is 11.3 Å². The van der Waals surface area contributed by atoms with Crippen molar-refractivity contribution in [2.75, 3.05) is 20.3 Å². The second-order valence-corrected chi connectivity index (χ2v) is 3.83. The van der Waals surface area contributed by atoms with Gasteiger partial charge in [-0.15, -0.1) is 11.3 Å². The highest BCUT2D eigenvalue weighted by Crippen LogP contribution is 1.95. The largest absolute Gasteiger partial charge is 0.468 e. The minimum absolute atomic E-state index is 0.241. The molecule has 0 saturated heterocycles. The average Bonchev–Trinajstić information content (AvgIpc) is 2.64. The van der Waals surface area contributed by atoms with E-state index in [4.69, 9.17) is 0 Å². The fourth-order valence-corrected chi connectivity index (χ4v) is 1.99. The van der Waals surface area contributed by atoms with E-state index in [0.717, 1.165) is 9.89 Å². The quantitative estimate of drug-likeness (QED) is 0.621. The van der Waals surface area contributed by atoms with Gasteiger partial charge in [-0.1, -0.05) is 0 Å². The molecular formula is C9H10N2O2S. The lowest BCUT2D eigenvalue weighted by Gasteiger charge is -2.17. The molecule has 0 unspecified atom stereocenters. The minimum atomic E-state index is -0.241. The molecule has 2 heterocycles. The molecule has 0 amide bonds. The first-order valence-corrected chi connectivity index (χ1v) is 5.08. The Bertz CT molecular complexity index is 452. The van der Waals surface area contributed by atoms with Crippen LogP contribution in [0.5, 0.6) is 0 Å². The molecule has 0 N–H and O–H groups in total. The standard InChI is InChI=1S/C9H10N2O2S/c1-13-8(12)5-11-4-7-2-3-14-9(7)10-6-11/h2-4H,5-6H2,1H3. The zero-order chi connectivity index (χ0) is 9.97. The Morgan fingerprint density at radius 3 is 3.43 bits per heavy atom. The lowest BCUT2D eigenvalue weighted by atomic mass is 10.4. The molecule has 0 aromatic carbocycles. The molecule has 5 heteroatoms. The van der Waals surface area contributed by atoms with Crippen LogP contribution in [0.15, 0.2) is 16.4 Å². The van der Waals surface area contributed by atoms with Crippen molar-refractivity contribution < 1.29 is 9.53 Å². The van der Waals surface area contributed by atoms with Crippen LogP contribution in [0.25, 0.3) is 6.20 Å². The highest BCUT2D eigenvalue weighted by atomic mass is 32.1. The highest BCUT2D eigenvalue weighted by Gasteiger charge is 2.09. The molecule has 0 spiro atoms. The molecule has 0 fully saturated rings. The molecule has 0 aliphatic carbocycles. The van der Waals surface area contributed by atoms with Crippen molar-refractivity contribution in [3.63, 3.8) is 0 Å². The molecule has 0 atom stereocenters. The van der Waals surface area contributed by atoms with Crippen molar-refractivity contribution in [3.05, 3.63) is 21.3 Å². The summed E-state index contributed by atoms with van der Waals surface area (Å²) in [5.74, 6) is -0.241. The summed E-state index contributed by atoms with van der Waals surface area (Å²) in [4.78, 5) is 17.2. The molecule has 0 saturated carbocycles. The number of carbonyl (C=O) groups is 1. The Balaban J connectivity index is 2.17. The van der Waals surface area contributed by atoms with Crippen LogP contribution in [-0.2, 0) is 9.53 Å². The van der Waals surface area contributed by atoms with Crippen LogP contribution in [-0.4, -0.2) is 31.2 Å². The number of rotatable bonds is 2. The SMILES string of the molecule is COC(=O)CN1C=c2ccsc2=NC1. The second-order valence-electron chi connectivity index (χ2n) is 2.93. The monoisotopic (exact) mass is 210 g/mol. The number of esters is 1. The molecule has 0 radical (unpaired) electrons. The van der Waals surface area contributed by atoms with Crippen molar-refractivity contribution in [2.24, 2.45) is 4.99 Å². The van der Waals surface area contributed by atoms with Crippen LogP contribution in [0.2, 0.25) is 0 Å². The highest BCUT2D eigenvalue weighted by molar-refractivity contribution is 7.07. The van der Waals surface area contributed by atoms with Crippen LogP contribution in [0, 0.1) is 0 Å². The third-order valence-electron chi connectivity index (χ3n) is 1.95. The van der Waals surface area contributed by atoms with E-state index in [1.165, 1.54) is 7.11 Å². The summed E-state index contributed by atoms with van der Waals surface area (Å²) in [6.45, 7) is 0.790. The van der Waals surface area contributed by atoms with Crippen molar-refractivity contribution >= 4 is 23.5 Å².